The number of likely N-dealkylation sites (tertiary alicyclic amines) is 1. The minimum Gasteiger partial charge on any atom is -0.482 e. The third-order valence-corrected chi connectivity index (χ3v) is 4.63. The van der Waals surface area contributed by atoms with E-state index in [0.29, 0.717) is 19.7 Å². The number of nitrogens with zero attached hydrogens (tertiary/aromatic N) is 2. The molecule has 0 radical (unpaired) electrons. The zero-order valence-electron chi connectivity index (χ0n) is 14.9. The van der Waals surface area contributed by atoms with Crippen LogP contribution in [0.3, 0.4) is 0 Å². The molecule has 1 aromatic carbocycles. The molecule has 2 saturated heterocycles. The lowest BCUT2D eigenvalue weighted by atomic mass is 10.1. The second kappa shape index (κ2) is 7.88. The molecular weight excluding hydrogens is 342 g/mol. The van der Waals surface area contributed by atoms with Crippen molar-refractivity contribution in [2.75, 3.05) is 45.7 Å². The van der Waals surface area contributed by atoms with Crippen molar-refractivity contribution in [3.8, 4) is 5.75 Å². The Morgan fingerprint density at radius 1 is 1.46 bits per heavy atom. The molecule has 0 aromatic heterocycles. The standard InChI is InChI=1S/C17H23N3O6/c1-19-5-3-13(10-19)26-15-8-11(17(21)24-2)7-14(16(15)20(22)23)18-9-12-4-6-25-12/h7-8,12-13,18H,3-6,9-10H2,1-2H3/t12-,13?/m0/s1. The van der Waals surface area contributed by atoms with Crippen LogP contribution < -0.4 is 10.1 Å². The number of likely N-dealkylation sites (N-methyl/N-ethyl adjacent to an activating group) is 1. The molecule has 1 unspecified atom stereocenters. The van der Waals surface area contributed by atoms with E-state index >= 15 is 0 Å². The smallest absolute Gasteiger partial charge is 0.338 e. The summed E-state index contributed by atoms with van der Waals surface area (Å²) in [5.41, 5.74) is 0.262. The highest BCUT2D eigenvalue weighted by atomic mass is 16.6. The molecule has 0 bridgehead atoms. The molecule has 2 aliphatic rings. The molecule has 0 saturated carbocycles. The van der Waals surface area contributed by atoms with E-state index in [9.17, 15) is 14.9 Å². The van der Waals surface area contributed by atoms with Crippen LogP contribution in [0.15, 0.2) is 12.1 Å². The number of hydrogen-bond donors (Lipinski definition) is 1. The summed E-state index contributed by atoms with van der Waals surface area (Å²) < 4.78 is 16.0. The zero-order valence-corrected chi connectivity index (χ0v) is 14.9. The van der Waals surface area contributed by atoms with Gasteiger partial charge in [0, 0.05) is 32.3 Å². The maximum atomic E-state index is 12.0. The van der Waals surface area contributed by atoms with E-state index in [1.807, 2.05) is 7.05 Å². The molecule has 9 nitrogen and oxygen atoms in total. The normalized spacial score (nSPS) is 22.5. The van der Waals surface area contributed by atoms with E-state index in [4.69, 9.17) is 14.2 Å². The number of hydrogen-bond acceptors (Lipinski definition) is 8. The largest absolute Gasteiger partial charge is 0.482 e. The van der Waals surface area contributed by atoms with Crippen molar-refractivity contribution >= 4 is 17.3 Å². The second-order valence-electron chi connectivity index (χ2n) is 6.57. The third kappa shape index (κ3) is 4.05. The van der Waals surface area contributed by atoms with Gasteiger partial charge in [0.2, 0.25) is 5.75 Å². The molecule has 3 rings (SSSR count). The molecule has 2 heterocycles. The molecule has 1 aromatic rings. The minimum atomic E-state index is -0.573. The first-order valence-corrected chi connectivity index (χ1v) is 8.59. The summed E-state index contributed by atoms with van der Waals surface area (Å²) >= 11 is 0. The summed E-state index contributed by atoms with van der Waals surface area (Å²) in [5.74, 6) is -0.494. The first kappa shape index (κ1) is 18.4. The molecule has 0 aliphatic carbocycles. The van der Waals surface area contributed by atoms with E-state index in [1.165, 1.54) is 19.2 Å². The van der Waals surface area contributed by atoms with E-state index < -0.39 is 10.9 Å². The Balaban J connectivity index is 1.92. The Morgan fingerprint density at radius 2 is 2.23 bits per heavy atom. The highest BCUT2D eigenvalue weighted by Crippen LogP contribution is 2.38. The molecular formula is C17H23N3O6. The number of anilines is 1. The highest BCUT2D eigenvalue weighted by Gasteiger charge is 2.30. The van der Waals surface area contributed by atoms with Gasteiger partial charge in [-0.1, -0.05) is 0 Å². The van der Waals surface area contributed by atoms with Gasteiger partial charge in [0.25, 0.3) is 0 Å². The number of carbonyl (C=O) groups excluding carboxylic acids is 1. The lowest BCUT2D eigenvalue weighted by molar-refractivity contribution is -0.385. The van der Waals surface area contributed by atoms with Gasteiger partial charge in [-0.15, -0.1) is 0 Å². The monoisotopic (exact) mass is 365 g/mol. The van der Waals surface area contributed by atoms with Gasteiger partial charge in [0.15, 0.2) is 0 Å². The molecule has 0 amide bonds. The number of nitro benzene ring substituents is 1. The lowest BCUT2D eigenvalue weighted by Gasteiger charge is -2.27. The molecule has 2 atom stereocenters. The summed E-state index contributed by atoms with van der Waals surface area (Å²) in [4.78, 5) is 25.3. The summed E-state index contributed by atoms with van der Waals surface area (Å²) in [5, 5.41) is 14.7. The minimum absolute atomic E-state index is 0.0178. The van der Waals surface area contributed by atoms with Gasteiger partial charge in [-0.3, -0.25) is 10.1 Å². The van der Waals surface area contributed by atoms with E-state index in [-0.39, 0.29) is 34.9 Å². The van der Waals surface area contributed by atoms with Crippen molar-refractivity contribution in [3.63, 3.8) is 0 Å². The lowest BCUT2D eigenvalue weighted by Crippen LogP contribution is -2.33. The number of ether oxygens (including phenoxy) is 3. The van der Waals surface area contributed by atoms with Crippen molar-refractivity contribution in [1.82, 2.24) is 4.90 Å². The molecule has 2 aliphatic heterocycles. The van der Waals surface area contributed by atoms with Crippen LogP contribution in [0.5, 0.6) is 5.75 Å². The molecule has 26 heavy (non-hydrogen) atoms. The van der Waals surface area contributed by atoms with Crippen molar-refractivity contribution in [1.29, 1.82) is 0 Å². The summed E-state index contributed by atoms with van der Waals surface area (Å²) in [6.45, 7) is 2.66. The van der Waals surface area contributed by atoms with Gasteiger partial charge in [0.05, 0.1) is 23.7 Å². The first-order valence-electron chi connectivity index (χ1n) is 8.59. The third-order valence-electron chi connectivity index (χ3n) is 4.63. The predicted molar refractivity (Wildman–Crippen MR) is 93.8 cm³/mol. The number of carbonyl (C=O) groups is 1. The Hall–Kier alpha value is -2.39. The van der Waals surface area contributed by atoms with Crippen LogP contribution in [0.25, 0.3) is 0 Å². The van der Waals surface area contributed by atoms with Crippen LogP contribution in [0.1, 0.15) is 23.2 Å². The number of benzene rings is 1. The van der Waals surface area contributed by atoms with Crippen molar-refractivity contribution < 1.29 is 23.9 Å². The van der Waals surface area contributed by atoms with Crippen LogP contribution in [0.2, 0.25) is 0 Å². The Kier molecular flexibility index (Phi) is 5.58. The average Bonchev–Trinajstić information content (AvgIpc) is 2.96. The van der Waals surface area contributed by atoms with E-state index in [2.05, 4.69) is 10.2 Å². The van der Waals surface area contributed by atoms with Gasteiger partial charge in [-0.25, -0.2) is 4.79 Å². The molecule has 1 N–H and O–H groups in total. The number of methoxy groups -OCH3 is 1. The van der Waals surface area contributed by atoms with E-state index in [0.717, 1.165) is 19.4 Å². The van der Waals surface area contributed by atoms with Crippen LogP contribution in [-0.2, 0) is 9.47 Å². The van der Waals surface area contributed by atoms with E-state index in [1.54, 1.807) is 0 Å². The van der Waals surface area contributed by atoms with Crippen molar-refractivity contribution in [2.24, 2.45) is 0 Å². The molecule has 2 fully saturated rings. The second-order valence-corrected chi connectivity index (χ2v) is 6.57. The Morgan fingerprint density at radius 3 is 2.77 bits per heavy atom. The van der Waals surface area contributed by atoms with Gasteiger partial charge in [-0.2, -0.15) is 0 Å². The maximum Gasteiger partial charge on any atom is 0.338 e. The quantitative estimate of drug-likeness (QED) is 0.442. The Bertz CT molecular complexity index is 691. The average molecular weight is 365 g/mol. The SMILES string of the molecule is COC(=O)c1cc(NC[C@@H]2CCO2)c([N+](=O)[O-])c(OC2CCN(C)C2)c1. The van der Waals surface area contributed by atoms with Crippen LogP contribution >= 0.6 is 0 Å². The zero-order chi connectivity index (χ0) is 18.7. The summed E-state index contributed by atoms with van der Waals surface area (Å²) in [6, 6.07) is 2.81. The maximum absolute atomic E-state index is 12.0. The fraction of sp³-hybridized carbons (Fsp3) is 0.588. The van der Waals surface area contributed by atoms with Gasteiger partial charge in [-0.05, 0) is 26.0 Å². The topological polar surface area (TPSA) is 103 Å². The number of esters is 1. The van der Waals surface area contributed by atoms with Gasteiger partial charge in [0.1, 0.15) is 11.8 Å². The molecule has 142 valence electrons. The summed E-state index contributed by atoms with van der Waals surface area (Å²) in [7, 11) is 3.24. The molecule has 0 spiro atoms. The molecule has 9 heteroatoms. The number of nitrogens with one attached hydrogen (secondary N) is 1. The van der Waals surface area contributed by atoms with Crippen molar-refractivity contribution in [3.05, 3.63) is 27.8 Å². The fourth-order valence-corrected chi connectivity index (χ4v) is 3.10. The first-order chi connectivity index (χ1) is 12.5. The predicted octanol–water partition coefficient (Wildman–Crippen LogP) is 1.67. The van der Waals surface area contributed by atoms with Crippen LogP contribution in [0.4, 0.5) is 11.4 Å². The number of nitro groups is 1. The van der Waals surface area contributed by atoms with Crippen LogP contribution in [-0.4, -0.2) is 68.4 Å². The Labute approximate surface area is 151 Å². The van der Waals surface area contributed by atoms with Gasteiger partial charge >= 0.3 is 11.7 Å². The highest BCUT2D eigenvalue weighted by molar-refractivity contribution is 5.93. The van der Waals surface area contributed by atoms with Gasteiger partial charge < -0.3 is 24.4 Å². The summed E-state index contributed by atoms with van der Waals surface area (Å²) in [6.07, 6.45) is 1.53. The fourth-order valence-electron chi connectivity index (χ4n) is 3.10. The van der Waals surface area contributed by atoms with Crippen LogP contribution in [0, 0.1) is 10.1 Å². The van der Waals surface area contributed by atoms with Crippen molar-refractivity contribution in [2.45, 2.75) is 25.0 Å². The number of rotatable bonds is 7.